The number of esters is 1. The van der Waals surface area contributed by atoms with Crippen molar-refractivity contribution in [1.82, 2.24) is 0 Å². The SMILES string of the molecule is COC(=O)c1ccc(/C=N/c2ccc(O)c(O)c2)cc1. The zero-order valence-corrected chi connectivity index (χ0v) is 10.8. The van der Waals surface area contributed by atoms with Crippen molar-refractivity contribution in [3.05, 3.63) is 53.6 Å². The number of phenols is 2. The highest BCUT2D eigenvalue weighted by Crippen LogP contribution is 2.28. The summed E-state index contributed by atoms with van der Waals surface area (Å²) in [4.78, 5) is 15.4. The lowest BCUT2D eigenvalue weighted by molar-refractivity contribution is 0.0600. The maximum atomic E-state index is 11.3. The van der Waals surface area contributed by atoms with Crippen molar-refractivity contribution >= 4 is 17.9 Å². The minimum atomic E-state index is -0.392. The van der Waals surface area contributed by atoms with Gasteiger partial charge in [-0.25, -0.2) is 4.79 Å². The Labute approximate surface area is 115 Å². The molecular weight excluding hydrogens is 258 g/mol. The smallest absolute Gasteiger partial charge is 0.337 e. The van der Waals surface area contributed by atoms with Crippen LogP contribution in [0.5, 0.6) is 11.5 Å². The summed E-state index contributed by atoms with van der Waals surface area (Å²) in [5.41, 5.74) is 1.77. The molecule has 0 aliphatic heterocycles. The Kier molecular flexibility index (Phi) is 4.00. The minimum absolute atomic E-state index is 0.189. The van der Waals surface area contributed by atoms with Crippen LogP contribution in [0, 0.1) is 0 Å². The van der Waals surface area contributed by atoms with Gasteiger partial charge in [0.15, 0.2) is 11.5 Å². The van der Waals surface area contributed by atoms with E-state index in [2.05, 4.69) is 9.73 Å². The number of carbonyl (C=O) groups excluding carboxylic acids is 1. The van der Waals surface area contributed by atoms with Gasteiger partial charge in [-0.2, -0.15) is 0 Å². The van der Waals surface area contributed by atoms with Crippen molar-refractivity contribution in [2.75, 3.05) is 7.11 Å². The monoisotopic (exact) mass is 271 g/mol. The van der Waals surface area contributed by atoms with Gasteiger partial charge in [0.25, 0.3) is 0 Å². The highest BCUT2D eigenvalue weighted by molar-refractivity contribution is 5.91. The van der Waals surface area contributed by atoms with Gasteiger partial charge < -0.3 is 14.9 Å². The van der Waals surface area contributed by atoms with Gasteiger partial charge in [-0.05, 0) is 29.8 Å². The van der Waals surface area contributed by atoms with Crippen LogP contribution in [0.1, 0.15) is 15.9 Å². The zero-order valence-electron chi connectivity index (χ0n) is 10.8. The second kappa shape index (κ2) is 5.88. The molecule has 0 spiro atoms. The molecule has 0 heterocycles. The van der Waals surface area contributed by atoms with Crippen LogP contribution in [0.15, 0.2) is 47.5 Å². The first-order valence-electron chi connectivity index (χ1n) is 5.84. The van der Waals surface area contributed by atoms with Crippen molar-refractivity contribution < 1.29 is 19.7 Å². The molecule has 0 atom stereocenters. The van der Waals surface area contributed by atoms with Gasteiger partial charge in [-0.3, -0.25) is 4.99 Å². The summed E-state index contributed by atoms with van der Waals surface area (Å²) in [7, 11) is 1.33. The average Bonchev–Trinajstić information content (AvgIpc) is 2.48. The number of hydrogen-bond donors (Lipinski definition) is 2. The Morgan fingerprint density at radius 3 is 2.40 bits per heavy atom. The molecule has 5 nitrogen and oxygen atoms in total. The Morgan fingerprint density at radius 1 is 1.10 bits per heavy atom. The molecule has 102 valence electrons. The molecule has 0 unspecified atom stereocenters. The first kappa shape index (κ1) is 13.6. The van der Waals surface area contributed by atoms with E-state index in [9.17, 15) is 15.0 Å². The van der Waals surface area contributed by atoms with Gasteiger partial charge in [0.05, 0.1) is 18.4 Å². The molecule has 0 saturated carbocycles. The number of ether oxygens (including phenoxy) is 1. The van der Waals surface area contributed by atoms with Crippen LogP contribution in [0.3, 0.4) is 0 Å². The van der Waals surface area contributed by atoms with E-state index in [4.69, 9.17) is 0 Å². The molecule has 5 heteroatoms. The van der Waals surface area contributed by atoms with Crippen LogP contribution in [0.2, 0.25) is 0 Å². The fourth-order valence-electron chi connectivity index (χ4n) is 1.56. The predicted octanol–water partition coefficient (Wildman–Crippen LogP) is 2.64. The maximum absolute atomic E-state index is 11.3. The zero-order chi connectivity index (χ0) is 14.5. The molecular formula is C15H13NO4. The van der Waals surface area contributed by atoms with E-state index < -0.39 is 5.97 Å². The third kappa shape index (κ3) is 3.14. The van der Waals surface area contributed by atoms with E-state index in [1.165, 1.54) is 19.2 Å². The molecule has 0 radical (unpaired) electrons. The van der Waals surface area contributed by atoms with Gasteiger partial charge in [0, 0.05) is 12.3 Å². The van der Waals surface area contributed by atoms with E-state index in [0.717, 1.165) is 5.56 Å². The molecule has 2 aromatic rings. The number of aromatic hydroxyl groups is 2. The first-order chi connectivity index (χ1) is 9.60. The topological polar surface area (TPSA) is 79.1 Å². The lowest BCUT2D eigenvalue weighted by Crippen LogP contribution is -2.00. The van der Waals surface area contributed by atoms with Crippen molar-refractivity contribution in [2.24, 2.45) is 4.99 Å². The molecule has 0 aromatic heterocycles. The number of phenolic OH excluding ortho intramolecular Hbond substituents is 2. The second-order valence-corrected chi connectivity index (χ2v) is 4.04. The highest BCUT2D eigenvalue weighted by Gasteiger charge is 2.03. The van der Waals surface area contributed by atoms with Crippen LogP contribution >= 0.6 is 0 Å². The maximum Gasteiger partial charge on any atom is 0.337 e. The van der Waals surface area contributed by atoms with Gasteiger partial charge in [0.1, 0.15) is 0 Å². The molecule has 2 aromatic carbocycles. The largest absolute Gasteiger partial charge is 0.504 e. The lowest BCUT2D eigenvalue weighted by Gasteiger charge is -2.00. The fraction of sp³-hybridized carbons (Fsp3) is 0.0667. The van der Waals surface area contributed by atoms with Gasteiger partial charge in [0.2, 0.25) is 0 Å². The Hall–Kier alpha value is -2.82. The number of methoxy groups -OCH3 is 1. The molecule has 2 rings (SSSR count). The number of hydrogen-bond acceptors (Lipinski definition) is 5. The lowest BCUT2D eigenvalue weighted by atomic mass is 10.1. The third-order valence-electron chi connectivity index (χ3n) is 2.65. The Morgan fingerprint density at radius 2 is 1.80 bits per heavy atom. The Balaban J connectivity index is 2.15. The molecule has 0 bridgehead atoms. The molecule has 0 amide bonds. The first-order valence-corrected chi connectivity index (χ1v) is 5.84. The van der Waals surface area contributed by atoms with E-state index in [-0.39, 0.29) is 11.5 Å². The van der Waals surface area contributed by atoms with Crippen LogP contribution in [0.4, 0.5) is 5.69 Å². The summed E-state index contributed by atoms with van der Waals surface area (Å²) < 4.78 is 4.61. The Bertz CT molecular complexity index is 647. The average molecular weight is 271 g/mol. The van der Waals surface area contributed by atoms with Gasteiger partial charge in [-0.15, -0.1) is 0 Å². The van der Waals surface area contributed by atoms with Gasteiger partial charge >= 0.3 is 5.97 Å². The summed E-state index contributed by atoms with van der Waals surface area (Å²) in [5.74, 6) is -0.802. The quantitative estimate of drug-likeness (QED) is 0.511. The van der Waals surface area contributed by atoms with Crippen LogP contribution < -0.4 is 0 Å². The molecule has 0 saturated heterocycles. The molecule has 2 N–H and O–H groups in total. The van der Waals surface area contributed by atoms with Crippen LogP contribution in [-0.4, -0.2) is 29.5 Å². The van der Waals surface area contributed by atoms with E-state index in [1.807, 2.05) is 0 Å². The summed E-state index contributed by atoms with van der Waals surface area (Å²) in [5, 5.41) is 18.5. The number of nitrogens with zero attached hydrogens (tertiary/aromatic N) is 1. The standard InChI is InChI=1S/C15H13NO4/c1-20-15(19)11-4-2-10(3-5-11)9-16-12-6-7-13(17)14(18)8-12/h2-9,17-18H,1H3/b16-9+. The number of rotatable bonds is 3. The molecule has 0 aliphatic rings. The number of carbonyl (C=O) groups is 1. The third-order valence-corrected chi connectivity index (χ3v) is 2.65. The fourth-order valence-corrected chi connectivity index (χ4v) is 1.56. The minimum Gasteiger partial charge on any atom is -0.504 e. The normalized spacial score (nSPS) is 10.7. The highest BCUT2D eigenvalue weighted by atomic mass is 16.5. The summed E-state index contributed by atoms with van der Waals surface area (Å²) in [6.07, 6.45) is 1.59. The van der Waals surface area contributed by atoms with E-state index >= 15 is 0 Å². The molecule has 20 heavy (non-hydrogen) atoms. The summed E-state index contributed by atoms with van der Waals surface area (Å²) in [6.45, 7) is 0. The molecule has 0 aliphatic carbocycles. The number of aliphatic imine (C=N–C) groups is 1. The van der Waals surface area contributed by atoms with Crippen LogP contribution in [0.25, 0.3) is 0 Å². The molecule has 0 fully saturated rings. The predicted molar refractivity (Wildman–Crippen MR) is 74.8 cm³/mol. The van der Waals surface area contributed by atoms with Crippen molar-refractivity contribution in [3.8, 4) is 11.5 Å². The van der Waals surface area contributed by atoms with Crippen LogP contribution in [-0.2, 0) is 4.74 Å². The van der Waals surface area contributed by atoms with Crippen molar-refractivity contribution in [2.45, 2.75) is 0 Å². The van der Waals surface area contributed by atoms with E-state index in [1.54, 1.807) is 36.5 Å². The van der Waals surface area contributed by atoms with Gasteiger partial charge in [-0.1, -0.05) is 12.1 Å². The second-order valence-electron chi connectivity index (χ2n) is 4.04. The van der Waals surface area contributed by atoms with Crippen molar-refractivity contribution in [3.63, 3.8) is 0 Å². The summed E-state index contributed by atoms with van der Waals surface area (Å²) in [6, 6.07) is 11.0. The summed E-state index contributed by atoms with van der Waals surface area (Å²) >= 11 is 0. The van der Waals surface area contributed by atoms with E-state index in [0.29, 0.717) is 11.3 Å². The van der Waals surface area contributed by atoms with Crippen molar-refractivity contribution in [1.29, 1.82) is 0 Å². The number of benzene rings is 2.